The number of nitrogens with zero attached hydrogens (tertiary/aromatic N) is 2. The monoisotopic (exact) mass is 419 g/mol. The summed E-state index contributed by atoms with van der Waals surface area (Å²) in [6.07, 6.45) is 0. The molecule has 0 atom stereocenters. The Morgan fingerprint density at radius 1 is 1.07 bits per heavy atom. The fourth-order valence-corrected chi connectivity index (χ4v) is 3.48. The maximum absolute atomic E-state index is 13.2. The normalized spacial score (nSPS) is 10.8. The Labute approximate surface area is 177 Å². The molecule has 3 aromatic carbocycles. The molecule has 1 amide bonds. The van der Waals surface area contributed by atoms with Crippen LogP contribution >= 0.6 is 11.6 Å². The van der Waals surface area contributed by atoms with Gasteiger partial charge in [0.2, 0.25) is 0 Å². The molecule has 4 rings (SSSR count). The van der Waals surface area contributed by atoms with Crippen molar-refractivity contribution in [2.75, 3.05) is 12.4 Å². The highest BCUT2D eigenvalue weighted by Gasteiger charge is 2.13. The van der Waals surface area contributed by atoms with E-state index in [9.17, 15) is 9.59 Å². The second-order valence-corrected chi connectivity index (χ2v) is 7.07. The van der Waals surface area contributed by atoms with Crippen LogP contribution in [-0.2, 0) is 0 Å². The van der Waals surface area contributed by atoms with Crippen LogP contribution in [0.25, 0.3) is 16.6 Å². The largest absolute Gasteiger partial charge is 0.497 e. The molecule has 0 radical (unpaired) electrons. The number of nitrogens with one attached hydrogen (secondary N) is 1. The van der Waals surface area contributed by atoms with Crippen LogP contribution in [0.3, 0.4) is 0 Å². The first-order valence-corrected chi connectivity index (χ1v) is 9.59. The lowest BCUT2D eigenvalue weighted by Crippen LogP contribution is -2.22. The Morgan fingerprint density at radius 2 is 1.80 bits per heavy atom. The molecule has 0 saturated carbocycles. The average Bonchev–Trinajstić information content (AvgIpc) is 2.75. The van der Waals surface area contributed by atoms with Crippen molar-refractivity contribution in [2.24, 2.45) is 0 Å². The van der Waals surface area contributed by atoms with Crippen LogP contribution in [0.15, 0.2) is 71.5 Å². The summed E-state index contributed by atoms with van der Waals surface area (Å²) in [6.45, 7) is 1.78. The first-order valence-electron chi connectivity index (χ1n) is 9.21. The minimum atomic E-state index is -0.351. The molecule has 7 heteroatoms. The summed E-state index contributed by atoms with van der Waals surface area (Å²) in [7, 11) is 1.59. The number of hydrogen-bond acceptors (Lipinski definition) is 4. The van der Waals surface area contributed by atoms with Crippen LogP contribution in [0.4, 0.5) is 5.69 Å². The maximum Gasteiger partial charge on any atom is 0.266 e. The van der Waals surface area contributed by atoms with Crippen molar-refractivity contribution in [2.45, 2.75) is 6.92 Å². The number of ether oxygens (including phenoxy) is 1. The maximum atomic E-state index is 13.2. The molecule has 0 aliphatic carbocycles. The molecule has 0 fully saturated rings. The predicted molar refractivity (Wildman–Crippen MR) is 118 cm³/mol. The molecule has 0 unspecified atom stereocenters. The molecule has 0 aliphatic heterocycles. The van der Waals surface area contributed by atoms with E-state index in [2.05, 4.69) is 10.3 Å². The van der Waals surface area contributed by atoms with Crippen molar-refractivity contribution in [3.8, 4) is 11.4 Å². The van der Waals surface area contributed by atoms with Gasteiger partial charge in [-0.25, -0.2) is 4.98 Å². The van der Waals surface area contributed by atoms with Gasteiger partial charge < -0.3 is 10.1 Å². The number of carbonyl (C=O) groups is 1. The first-order chi connectivity index (χ1) is 14.5. The van der Waals surface area contributed by atoms with E-state index in [0.29, 0.717) is 44.4 Å². The number of hydrogen-bond donors (Lipinski definition) is 1. The van der Waals surface area contributed by atoms with E-state index < -0.39 is 0 Å². The van der Waals surface area contributed by atoms with E-state index in [4.69, 9.17) is 16.3 Å². The Balaban J connectivity index is 1.75. The average molecular weight is 420 g/mol. The summed E-state index contributed by atoms with van der Waals surface area (Å²) < 4.78 is 6.71. The van der Waals surface area contributed by atoms with Gasteiger partial charge in [-0.05, 0) is 61.5 Å². The number of anilines is 1. The molecular formula is C23H18ClN3O3. The van der Waals surface area contributed by atoms with Gasteiger partial charge in [0, 0.05) is 5.69 Å². The minimum absolute atomic E-state index is 0.225. The molecule has 1 heterocycles. The minimum Gasteiger partial charge on any atom is -0.497 e. The van der Waals surface area contributed by atoms with Gasteiger partial charge in [0.25, 0.3) is 11.5 Å². The summed E-state index contributed by atoms with van der Waals surface area (Å²) >= 11 is 6.10. The third-order valence-corrected chi connectivity index (χ3v) is 5.07. The van der Waals surface area contributed by atoms with Crippen LogP contribution in [0.2, 0.25) is 5.02 Å². The number of rotatable bonds is 4. The molecule has 4 aromatic rings. The number of aryl methyl sites for hydroxylation is 1. The highest BCUT2D eigenvalue weighted by Crippen LogP contribution is 2.21. The Morgan fingerprint density at radius 3 is 2.50 bits per heavy atom. The second-order valence-electron chi connectivity index (χ2n) is 6.66. The number of benzene rings is 3. The molecule has 0 aliphatic rings. The zero-order valence-corrected chi connectivity index (χ0v) is 17.1. The molecule has 0 bridgehead atoms. The van der Waals surface area contributed by atoms with Gasteiger partial charge in [-0.15, -0.1) is 0 Å². The number of carbonyl (C=O) groups excluding carboxylic acids is 1. The van der Waals surface area contributed by atoms with Gasteiger partial charge in [-0.2, -0.15) is 0 Å². The van der Waals surface area contributed by atoms with E-state index in [0.717, 1.165) is 0 Å². The van der Waals surface area contributed by atoms with Crippen molar-refractivity contribution >= 4 is 34.1 Å². The van der Waals surface area contributed by atoms with Crippen LogP contribution in [0.5, 0.6) is 5.75 Å². The zero-order valence-electron chi connectivity index (χ0n) is 16.3. The number of halogens is 1. The predicted octanol–water partition coefficient (Wildman–Crippen LogP) is 4.61. The number of fused-ring (bicyclic) bond motifs is 1. The summed E-state index contributed by atoms with van der Waals surface area (Å²) in [5.74, 6) is 0.906. The third-order valence-electron chi connectivity index (χ3n) is 4.74. The number of methoxy groups -OCH3 is 1. The van der Waals surface area contributed by atoms with Gasteiger partial charge in [-0.3, -0.25) is 14.2 Å². The van der Waals surface area contributed by atoms with Crippen LogP contribution in [0.1, 0.15) is 16.2 Å². The number of aromatic nitrogens is 2. The fraction of sp³-hybridized carbons (Fsp3) is 0.0870. The molecule has 0 saturated heterocycles. The molecule has 0 spiro atoms. The van der Waals surface area contributed by atoms with E-state index in [1.54, 1.807) is 80.8 Å². The highest BCUT2D eigenvalue weighted by atomic mass is 35.5. The zero-order chi connectivity index (χ0) is 21.3. The van der Waals surface area contributed by atoms with Gasteiger partial charge >= 0.3 is 0 Å². The summed E-state index contributed by atoms with van der Waals surface area (Å²) in [4.78, 5) is 30.3. The van der Waals surface area contributed by atoms with Gasteiger partial charge in [-0.1, -0.05) is 23.7 Å². The number of amides is 1. The quantitative estimate of drug-likeness (QED) is 0.524. The smallest absolute Gasteiger partial charge is 0.266 e. The molecule has 150 valence electrons. The standard InChI is InChI=1S/C23H18ClN3O3/c1-14-25-21-12-7-15(26-22(28)18-5-3-4-6-20(18)24)13-19(21)23(29)27(14)16-8-10-17(30-2)11-9-16/h3-13H,1-2H3,(H,26,28). The van der Waals surface area contributed by atoms with Crippen molar-refractivity contribution < 1.29 is 9.53 Å². The third kappa shape index (κ3) is 3.65. The van der Waals surface area contributed by atoms with Crippen molar-refractivity contribution in [1.82, 2.24) is 9.55 Å². The van der Waals surface area contributed by atoms with E-state index in [1.807, 2.05) is 0 Å². The van der Waals surface area contributed by atoms with Gasteiger partial charge in [0.1, 0.15) is 11.6 Å². The first kappa shape index (κ1) is 19.7. The topological polar surface area (TPSA) is 73.2 Å². The molecular weight excluding hydrogens is 402 g/mol. The lowest BCUT2D eigenvalue weighted by molar-refractivity contribution is 0.102. The van der Waals surface area contributed by atoms with Crippen molar-refractivity contribution in [1.29, 1.82) is 0 Å². The van der Waals surface area contributed by atoms with Crippen LogP contribution < -0.4 is 15.6 Å². The SMILES string of the molecule is COc1ccc(-n2c(C)nc3ccc(NC(=O)c4ccccc4Cl)cc3c2=O)cc1. The molecule has 1 aromatic heterocycles. The fourth-order valence-electron chi connectivity index (χ4n) is 3.25. The summed E-state index contributed by atoms with van der Waals surface area (Å²) in [6, 6.07) is 19.0. The van der Waals surface area contributed by atoms with Crippen molar-refractivity contribution in [3.05, 3.63) is 93.5 Å². The summed E-state index contributed by atoms with van der Waals surface area (Å²) in [5, 5.41) is 3.54. The van der Waals surface area contributed by atoms with E-state index >= 15 is 0 Å². The molecule has 6 nitrogen and oxygen atoms in total. The van der Waals surface area contributed by atoms with Gasteiger partial charge in [0.05, 0.1) is 34.3 Å². The molecule has 30 heavy (non-hydrogen) atoms. The lowest BCUT2D eigenvalue weighted by Gasteiger charge is -2.12. The molecule has 1 N–H and O–H groups in total. The second kappa shape index (κ2) is 8.00. The van der Waals surface area contributed by atoms with E-state index in [1.165, 1.54) is 4.57 Å². The van der Waals surface area contributed by atoms with Crippen LogP contribution in [-0.4, -0.2) is 22.6 Å². The Bertz CT molecular complexity index is 1310. The van der Waals surface area contributed by atoms with Gasteiger partial charge in [0.15, 0.2) is 0 Å². The van der Waals surface area contributed by atoms with Crippen LogP contribution in [0, 0.1) is 6.92 Å². The Kier molecular flexibility index (Phi) is 5.25. The summed E-state index contributed by atoms with van der Waals surface area (Å²) in [5.41, 5.74) is 1.85. The highest BCUT2D eigenvalue weighted by molar-refractivity contribution is 6.34. The lowest BCUT2D eigenvalue weighted by atomic mass is 10.1. The van der Waals surface area contributed by atoms with E-state index in [-0.39, 0.29) is 11.5 Å². The van der Waals surface area contributed by atoms with Crippen molar-refractivity contribution in [3.63, 3.8) is 0 Å². The Hall–Kier alpha value is -3.64.